The maximum absolute atomic E-state index is 11.8. The van der Waals surface area contributed by atoms with Crippen molar-refractivity contribution in [2.24, 2.45) is 7.05 Å². The molecule has 2 aromatic carbocycles. The number of nitrogens with one attached hydrogen (secondary N) is 2. The molecule has 2 N–H and O–H groups in total. The molecule has 0 saturated carbocycles. The number of fused-ring (bicyclic) bond motifs is 1. The second-order valence-corrected chi connectivity index (χ2v) is 7.05. The van der Waals surface area contributed by atoms with Crippen LogP contribution in [0.3, 0.4) is 0 Å². The van der Waals surface area contributed by atoms with E-state index in [4.69, 9.17) is 0 Å². The van der Waals surface area contributed by atoms with Gasteiger partial charge in [-0.15, -0.1) is 0 Å². The SMILES string of the molecule is CCC(c1ccc(-c2ccc3[nH]c(=O)n(C)c3c2)cc1)N1CCNCC1. The van der Waals surface area contributed by atoms with Crippen molar-refractivity contribution in [1.82, 2.24) is 19.8 Å². The van der Waals surface area contributed by atoms with E-state index in [0.717, 1.165) is 49.2 Å². The zero-order valence-electron chi connectivity index (χ0n) is 15.5. The maximum Gasteiger partial charge on any atom is 0.326 e. The molecule has 0 bridgehead atoms. The second-order valence-electron chi connectivity index (χ2n) is 7.05. The lowest BCUT2D eigenvalue weighted by molar-refractivity contribution is 0.169. The third-order valence-electron chi connectivity index (χ3n) is 5.51. The van der Waals surface area contributed by atoms with Crippen LogP contribution in [0.15, 0.2) is 47.3 Å². The Kier molecular flexibility index (Phi) is 4.66. The van der Waals surface area contributed by atoms with Gasteiger partial charge in [-0.3, -0.25) is 9.47 Å². The van der Waals surface area contributed by atoms with E-state index >= 15 is 0 Å². The number of H-pyrrole nitrogens is 1. The highest BCUT2D eigenvalue weighted by atomic mass is 16.1. The summed E-state index contributed by atoms with van der Waals surface area (Å²) in [6.07, 6.45) is 1.12. The molecule has 26 heavy (non-hydrogen) atoms. The molecule has 136 valence electrons. The second kappa shape index (κ2) is 7.09. The van der Waals surface area contributed by atoms with Gasteiger partial charge in [-0.2, -0.15) is 0 Å². The zero-order chi connectivity index (χ0) is 18.1. The van der Waals surface area contributed by atoms with Crippen molar-refractivity contribution < 1.29 is 0 Å². The smallest absolute Gasteiger partial charge is 0.314 e. The van der Waals surface area contributed by atoms with E-state index in [1.807, 2.05) is 6.07 Å². The van der Waals surface area contributed by atoms with Crippen molar-refractivity contribution in [1.29, 1.82) is 0 Å². The van der Waals surface area contributed by atoms with Crippen LogP contribution in [0.25, 0.3) is 22.2 Å². The number of aryl methyl sites for hydroxylation is 1. The van der Waals surface area contributed by atoms with Crippen molar-refractivity contribution in [2.45, 2.75) is 19.4 Å². The largest absolute Gasteiger partial charge is 0.326 e. The van der Waals surface area contributed by atoms with Gasteiger partial charge in [0.1, 0.15) is 0 Å². The molecule has 5 heteroatoms. The zero-order valence-corrected chi connectivity index (χ0v) is 15.5. The van der Waals surface area contributed by atoms with Crippen molar-refractivity contribution in [3.8, 4) is 11.1 Å². The standard InChI is InChI=1S/C21H26N4O/c1-3-19(25-12-10-22-11-13-25)16-6-4-15(5-7-16)17-8-9-18-20(14-17)24(2)21(26)23-18/h4-9,14,19,22H,3,10-13H2,1-2H3,(H,23,26). The molecule has 1 aliphatic rings. The van der Waals surface area contributed by atoms with Crippen LogP contribution in [0.4, 0.5) is 0 Å². The number of imidazole rings is 1. The predicted octanol–water partition coefficient (Wildman–Crippen LogP) is 2.89. The summed E-state index contributed by atoms with van der Waals surface area (Å²) >= 11 is 0. The summed E-state index contributed by atoms with van der Waals surface area (Å²) in [5.41, 5.74) is 5.43. The molecule has 0 radical (unpaired) electrons. The van der Waals surface area contributed by atoms with Gasteiger partial charge in [0.05, 0.1) is 11.0 Å². The quantitative estimate of drug-likeness (QED) is 0.761. The number of hydrogen-bond acceptors (Lipinski definition) is 3. The highest BCUT2D eigenvalue weighted by molar-refractivity contribution is 5.82. The molecule has 0 amide bonds. The fourth-order valence-corrected chi connectivity index (χ4v) is 4.00. The number of aromatic amines is 1. The molecule has 1 atom stereocenters. The van der Waals surface area contributed by atoms with Gasteiger partial charge < -0.3 is 10.3 Å². The van der Waals surface area contributed by atoms with E-state index in [9.17, 15) is 4.79 Å². The Bertz CT molecular complexity index is 948. The highest BCUT2D eigenvalue weighted by Gasteiger charge is 2.20. The van der Waals surface area contributed by atoms with E-state index in [2.05, 4.69) is 58.5 Å². The fourth-order valence-electron chi connectivity index (χ4n) is 4.00. The molecule has 1 fully saturated rings. The number of hydrogen-bond donors (Lipinski definition) is 2. The summed E-state index contributed by atoms with van der Waals surface area (Å²) in [5, 5.41) is 3.43. The van der Waals surface area contributed by atoms with Gasteiger partial charge in [-0.1, -0.05) is 37.3 Å². The number of aromatic nitrogens is 2. The lowest BCUT2D eigenvalue weighted by Gasteiger charge is -2.34. The summed E-state index contributed by atoms with van der Waals surface area (Å²) in [6, 6.07) is 15.5. The van der Waals surface area contributed by atoms with Gasteiger partial charge >= 0.3 is 5.69 Å². The van der Waals surface area contributed by atoms with E-state index in [-0.39, 0.29) is 5.69 Å². The Morgan fingerprint density at radius 1 is 1.04 bits per heavy atom. The van der Waals surface area contributed by atoms with Crippen LogP contribution in [-0.2, 0) is 7.05 Å². The summed E-state index contributed by atoms with van der Waals surface area (Å²) < 4.78 is 1.66. The van der Waals surface area contributed by atoms with E-state index in [0.29, 0.717) is 6.04 Å². The van der Waals surface area contributed by atoms with Gasteiger partial charge in [-0.25, -0.2) is 4.79 Å². The fraction of sp³-hybridized carbons (Fsp3) is 0.381. The third kappa shape index (κ3) is 3.08. The topological polar surface area (TPSA) is 53.1 Å². The molecule has 0 aliphatic carbocycles. The van der Waals surface area contributed by atoms with Gasteiger partial charge in [-0.05, 0) is 35.2 Å². The molecule has 1 saturated heterocycles. The first-order valence-electron chi connectivity index (χ1n) is 9.41. The molecule has 1 aromatic heterocycles. The van der Waals surface area contributed by atoms with E-state index < -0.39 is 0 Å². The molecule has 0 spiro atoms. The van der Waals surface area contributed by atoms with E-state index in [1.165, 1.54) is 11.1 Å². The molecule has 4 rings (SSSR count). The number of piperazine rings is 1. The van der Waals surface area contributed by atoms with Crippen molar-refractivity contribution in [3.63, 3.8) is 0 Å². The number of benzene rings is 2. The summed E-state index contributed by atoms with van der Waals surface area (Å²) in [6.45, 7) is 6.63. The Morgan fingerprint density at radius 2 is 1.73 bits per heavy atom. The van der Waals surface area contributed by atoms with E-state index in [1.54, 1.807) is 11.6 Å². The molecule has 5 nitrogen and oxygen atoms in total. The van der Waals surface area contributed by atoms with Crippen LogP contribution in [0.5, 0.6) is 0 Å². The maximum atomic E-state index is 11.8. The normalized spacial score (nSPS) is 16.8. The average molecular weight is 350 g/mol. The Labute approximate surface area is 153 Å². The summed E-state index contributed by atoms with van der Waals surface area (Å²) in [5.74, 6) is 0. The number of rotatable bonds is 4. The summed E-state index contributed by atoms with van der Waals surface area (Å²) in [7, 11) is 1.80. The Hall–Kier alpha value is -2.37. The lowest BCUT2D eigenvalue weighted by Crippen LogP contribution is -2.45. The van der Waals surface area contributed by atoms with Crippen LogP contribution in [0.1, 0.15) is 24.9 Å². The van der Waals surface area contributed by atoms with Gasteiger partial charge in [0.25, 0.3) is 0 Å². The van der Waals surface area contributed by atoms with Crippen LogP contribution in [0, 0.1) is 0 Å². The Morgan fingerprint density at radius 3 is 2.42 bits per heavy atom. The first-order valence-corrected chi connectivity index (χ1v) is 9.41. The summed E-state index contributed by atoms with van der Waals surface area (Å²) in [4.78, 5) is 17.2. The van der Waals surface area contributed by atoms with Crippen molar-refractivity contribution in [3.05, 3.63) is 58.5 Å². The minimum absolute atomic E-state index is 0.0747. The van der Waals surface area contributed by atoms with Crippen LogP contribution >= 0.6 is 0 Å². The minimum atomic E-state index is -0.0747. The first kappa shape index (κ1) is 17.1. The Balaban J connectivity index is 1.62. The average Bonchev–Trinajstić information content (AvgIpc) is 2.97. The molecular formula is C21H26N4O. The van der Waals surface area contributed by atoms with Gasteiger partial charge in [0, 0.05) is 39.3 Å². The number of nitrogens with zero attached hydrogens (tertiary/aromatic N) is 2. The third-order valence-corrected chi connectivity index (χ3v) is 5.51. The van der Waals surface area contributed by atoms with Crippen molar-refractivity contribution in [2.75, 3.05) is 26.2 Å². The van der Waals surface area contributed by atoms with Crippen LogP contribution < -0.4 is 11.0 Å². The highest BCUT2D eigenvalue weighted by Crippen LogP contribution is 2.28. The predicted molar refractivity (Wildman–Crippen MR) is 106 cm³/mol. The molecule has 1 aliphatic heterocycles. The van der Waals surface area contributed by atoms with Crippen LogP contribution in [-0.4, -0.2) is 40.6 Å². The molecule has 3 aromatic rings. The monoisotopic (exact) mass is 350 g/mol. The van der Waals surface area contributed by atoms with Crippen LogP contribution in [0.2, 0.25) is 0 Å². The van der Waals surface area contributed by atoms with Crippen molar-refractivity contribution >= 4 is 11.0 Å². The van der Waals surface area contributed by atoms with Gasteiger partial charge in [0.15, 0.2) is 0 Å². The molecule has 1 unspecified atom stereocenters. The minimum Gasteiger partial charge on any atom is -0.314 e. The first-order chi connectivity index (χ1) is 12.7. The molecular weight excluding hydrogens is 324 g/mol. The molecule has 2 heterocycles. The van der Waals surface area contributed by atoms with Gasteiger partial charge in [0.2, 0.25) is 0 Å². The lowest BCUT2D eigenvalue weighted by atomic mass is 9.98.